The van der Waals surface area contributed by atoms with E-state index in [0.717, 1.165) is 0 Å². The van der Waals surface area contributed by atoms with Crippen LogP contribution in [0.4, 0.5) is 0 Å². The maximum Gasteiger partial charge on any atom is 0.347 e. The van der Waals surface area contributed by atoms with Crippen LogP contribution in [0.2, 0.25) is 0 Å². The van der Waals surface area contributed by atoms with Crippen molar-refractivity contribution >= 4 is 11.9 Å². The van der Waals surface area contributed by atoms with Gasteiger partial charge in [0.15, 0.2) is 0 Å². The fraction of sp³-hybridized carbons (Fsp3) is 0.800. The van der Waals surface area contributed by atoms with E-state index >= 15 is 0 Å². The van der Waals surface area contributed by atoms with Crippen molar-refractivity contribution in [1.29, 1.82) is 0 Å². The van der Waals surface area contributed by atoms with Gasteiger partial charge in [-0.2, -0.15) is 0 Å². The van der Waals surface area contributed by atoms with Crippen molar-refractivity contribution < 1.29 is 39.9 Å². The van der Waals surface area contributed by atoms with E-state index in [-0.39, 0.29) is 6.42 Å². The molecule has 0 aromatic carbocycles. The molecule has 9 heteroatoms. The quantitative estimate of drug-likeness (QED) is 0.250. The predicted molar refractivity (Wildman–Crippen MR) is 60.9 cm³/mol. The van der Waals surface area contributed by atoms with Crippen LogP contribution in [-0.2, 0) is 14.3 Å². The Morgan fingerprint density at radius 3 is 2.11 bits per heavy atom. The largest absolute Gasteiger partial charge is 0.478 e. The molecule has 0 aromatic rings. The lowest BCUT2D eigenvalue weighted by Gasteiger charge is -2.26. The number of aliphatic hydroxyl groups excluding tert-OH is 4. The van der Waals surface area contributed by atoms with E-state index in [4.69, 9.17) is 21.1 Å². The first kappa shape index (κ1) is 17.7. The summed E-state index contributed by atoms with van der Waals surface area (Å²) in [6.45, 7) is 0.676. The number of rotatable bonds is 8. The zero-order valence-corrected chi connectivity index (χ0v) is 10.3. The molecular formula is C10H19NO8. The molecule has 19 heavy (non-hydrogen) atoms. The van der Waals surface area contributed by atoms with Gasteiger partial charge in [-0.1, -0.05) is 6.92 Å². The van der Waals surface area contributed by atoms with Crippen molar-refractivity contribution in [2.75, 3.05) is 6.61 Å². The van der Waals surface area contributed by atoms with Crippen molar-refractivity contribution in [2.45, 2.75) is 43.8 Å². The SMILES string of the molecule is CCC(N)C(=O)O[C@@H](C(=O)O)[C@@H](O)[C@@H](O)[C@H](O)CO. The van der Waals surface area contributed by atoms with Gasteiger partial charge in [0.1, 0.15) is 24.4 Å². The monoisotopic (exact) mass is 281 g/mol. The highest BCUT2D eigenvalue weighted by Crippen LogP contribution is 2.10. The Kier molecular flexibility index (Phi) is 7.49. The Morgan fingerprint density at radius 2 is 1.74 bits per heavy atom. The van der Waals surface area contributed by atoms with E-state index in [9.17, 15) is 19.8 Å². The van der Waals surface area contributed by atoms with Crippen LogP contribution in [-0.4, -0.2) is 74.5 Å². The minimum Gasteiger partial charge on any atom is -0.478 e. The molecule has 9 nitrogen and oxygen atoms in total. The highest BCUT2D eigenvalue weighted by atomic mass is 16.6. The lowest BCUT2D eigenvalue weighted by Crippen LogP contribution is -2.51. The lowest BCUT2D eigenvalue weighted by atomic mass is 10.0. The minimum atomic E-state index is -2.10. The molecule has 112 valence electrons. The second-order valence-electron chi connectivity index (χ2n) is 3.94. The molecule has 0 rings (SSSR count). The summed E-state index contributed by atoms with van der Waals surface area (Å²) in [6.07, 6.45) is -7.76. The van der Waals surface area contributed by atoms with Crippen molar-refractivity contribution in [3.63, 3.8) is 0 Å². The number of esters is 1. The van der Waals surface area contributed by atoms with Crippen molar-refractivity contribution in [3.8, 4) is 0 Å². The van der Waals surface area contributed by atoms with Crippen LogP contribution >= 0.6 is 0 Å². The van der Waals surface area contributed by atoms with Crippen LogP contribution in [0.5, 0.6) is 0 Å². The summed E-state index contributed by atoms with van der Waals surface area (Å²) in [5.41, 5.74) is 5.33. The van der Waals surface area contributed by atoms with Crippen LogP contribution < -0.4 is 5.73 Å². The second-order valence-corrected chi connectivity index (χ2v) is 3.94. The molecule has 0 fully saturated rings. The van der Waals surface area contributed by atoms with E-state index in [1.54, 1.807) is 6.92 Å². The lowest BCUT2D eigenvalue weighted by molar-refractivity contribution is -0.183. The van der Waals surface area contributed by atoms with Crippen LogP contribution in [0.3, 0.4) is 0 Å². The molecule has 0 saturated heterocycles. The van der Waals surface area contributed by atoms with E-state index in [1.807, 2.05) is 0 Å². The normalized spacial score (nSPS) is 19.1. The van der Waals surface area contributed by atoms with Crippen LogP contribution in [0, 0.1) is 0 Å². The maximum absolute atomic E-state index is 11.3. The van der Waals surface area contributed by atoms with E-state index in [1.165, 1.54) is 0 Å². The van der Waals surface area contributed by atoms with Gasteiger partial charge in [-0.05, 0) is 6.42 Å². The number of hydrogen-bond donors (Lipinski definition) is 6. The van der Waals surface area contributed by atoms with E-state index in [2.05, 4.69) is 4.74 Å². The Balaban J connectivity index is 4.82. The second kappa shape index (κ2) is 8.02. The number of carbonyl (C=O) groups is 2. The molecule has 0 heterocycles. The fourth-order valence-corrected chi connectivity index (χ4v) is 1.16. The first-order chi connectivity index (χ1) is 8.76. The van der Waals surface area contributed by atoms with Gasteiger partial charge >= 0.3 is 11.9 Å². The molecule has 7 N–H and O–H groups in total. The van der Waals surface area contributed by atoms with Gasteiger partial charge < -0.3 is 36.0 Å². The first-order valence-electron chi connectivity index (χ1n) is 5.60. The molecule has 5 atom stereocenters. The molecule has 0 spiro atoms. The first-order valence-corrected chi connectivity index (χ1v) is 5.60. The zero-order chi connectivity index (χ0) is 15.2. The van der Waals surface area contributed by atoms with Gasteiger partial charge in [-0.25, -0.2) is 4.79 Å². The molecule has 0 aliphatic heterocycles. The molecule has 0 radical (unpaired) electrons. The highest BCUT2D eigenvalue weighted by Gasteiger charge is 2.38. The van der Waals surface area contributed by atoms with Crippen LogP contribution in [0.25, 0.3) is 0 Å². The topological polar surface area (TPSA) is 171 Å². The summed E-state index contributed by atoms with van der Waals surface area (Å²) >= 11 is 0. The van der Waals surface area contributed by atoms with Crippen molar-refractivity contribution in [3.05, 3.63) is 0 Å². The van der Waals surface area contributed by atoms with Gasteiger partial charge in [0.25, 0.3) is 0 Å². The van der Waals surface area contributed by atoms with E-state index < -0.39 is 49.0 Å². The third kappa shape index (κ3) is 5.09. The van der Waals surface area contributed by atoms with E-state index in [0.29, 0.717) is 0 Å². The summed E-state index contributed by atoms with van der Waals surface area (Å²) in [5.74, 6) is -2.77. The molecule has 0 aliphatic carbocycles. The third-order valence-electron chi connectivity index (χ3n) is 2.47. The van der Waals surface area contributed by atoms with Gasteiger partial charge in [0.2, 0.25) is 6.10 Å². The minimum absolute atomic E-state index is 0.198. The average Bonchev–Trinajstić information content (AvgIpc) is 2.40. The van der Waals surface area contributed by atoms with Gasteiger partial charge in [0.05, 0.1) is 6.61 Å². The third-order valence-corrected chi connectivity index (χ3v) is 2.47. The van der Waals surface area contributed by atoms with Crippen molar-refractivity contribution in [2.24, 2.45) is 5.73 Å². The number of aliphatic hydroxyl groups is 4. The van der Waals surface area contributed by atoms with Gasteiger partial charge in [-0.15, -0.1) is 0 Å². The summed E-state index contributed by atoms with van der Waals surface area (Å²) in [5, 5.41) is 45.4. The Morgan fingerprint density at radius 1 is 1.21 bits per heavy atom. The Labute approximate surface area is 109 Å². The molecule has 0 amide bonds. The number of carbonyl (C=O) groups excluding carboxylic acids is 1. The summed E-state index contributed by atoms with van der Waals surface area (Å²) < 4.78 is 4.48. The van der Waals surface area contributed by atoms with Crippen LogP contribution in [0.15, 0.2) is 0 Å². The van der Waals surface area contributed by atoms with Gasteiger partial charge in [0, 0.05) is 0 Å². The number of ether oxygens (including phenoxy) is 1. The van der Waals surface area contributed by atoms with Gasteiger partial charge in [-0.3, -0.25) is 4.79 Å². The molecule has 1 unspecified atom stereocenters. The Bertz CT molecular complexity index is 310. The molecule has 0 aromatic heterocycles. The molecule has 0 bridgehead atoms. The number of hydrogen-bond acceptors (Lipinski definition) is 8. The number of nitrogens with two attached hydrogens (primary N) is 1. The molecular weight excluding hydrogens is 262 g/mol. The molecule has 0 aliphatic rings. The number of carboxylic acid groups (broad SMARTS) is 1. The number of aliphatic carboxylic acids is 1. The summed E-state index contributed by atoms with van der Waals surface area (Å²) in [6, 6.07) is -1.06. The smallest absolute Gasteiger partial charge is 0.347 e. The fourth-order valence-electron chi connectivity index (χ4n) is 1.16. The zero-order valence-electron chi connectivity index (χ0n) is 10.3. The summed E-state index contributed by atoms with van der Waals surface area (Å²) in [7, 11) is 0. The Hall–Kier alpha value is -1.26. The highest BCUT2D eigenvalue weighted by molar-refractivity contribution is 5.81. The average molecular weight is 281 g/mol. The maximum atomic E-state index is 11.3. The molecule has 0 saturated carbocycles. The summed E-state index contributed by atoms with van der Waals surface area (Å²) in [4.78, 5) is 22.2. The number of carboxylic acids is 1. The van der Waals surface area contributed by atoms with Crippen molar-refractivity contribution in [1.82, 2.24) is 0 Å². The van der Waals surface area contributed by atoms with Crippen LogP contribution in [0.1, 0.15) is 13.3 Å². The predicted octanol–water partition coefficient (Wildman–Crippen LogP) is -3.20. The standard InChI is InChI=1S/C10H19NO8/c1-2-4(11)10(18)19-8(9(16)17)7(15)6(14)5(13)3-12/h4-8,12-15H,2-3,11H2,1H3,(H,16,17)/t4?,5-,6+,7+,8-/m1/s1.